The van der Waals surface area contributed by atoms with Crippen LogP contribution >= 0.6 is 0 Å². The molecule has 34 heavy (non-hydrogen) atoms. The van der Waals surface area contributed by atoms with E-state index in [0.29, 0.717) is 17.9 Å². The van der Waals surface area contributed by atoms with Gasteiger partial charge >= 0.3 is 6.03 Å². The van der Waals surface area contributed by atoms with E-state index in [1.165, 1.54) is 6.08 Å². The molecule has 1 aromatic heterocycles. The number of rotatable bonds is 6. The van der Waals surface area contributed by atoms with Crippen LogP contribution in [0.3, 0.4) is 0 Å². The van der Waals surface area contributed by atoms with Crippen molar-refractivity contribution in [1.82, 2.24) is 9.88 Å². The van der Waals surface area contributed by atoms with E-state index in [2.05, 4.69) is 11.9 Å². The maximum absolute atomic E-state index is 13.2. The molecular weight excluding hydrogens is 430 g/mol. The molecule has 0 unspecified atom stereocenters. The summed E-state index contributed by atoms with van der Waals surface area (Å²) in [7, 11) is 0. The Morgan fingerprint density at radius 1 is 0.941 bits per heavy atom. The van der Waals surface area contributed by atoms with Crippen LogP contribution in [0.2, 0.25) is 0 Å². The predicted molar refractivity (Wildman–Crippen MR) is 131 cm³/mol. The average Bonchev–Trinajstić information content (AvgIpc) is 3.09. The third kappa shape index (κ3) is 4.28. The zero-order chi connectivity index (χ0) is 24.4. The summed E-state index contributed by atoms with van der Waals surface area (Å²) in [6, 6.07) is 15.7. The van der Waals surface area contributed by atoms with E-state index in [-0.39, 0.29) is 5.57 Å². The predicted octanol–water partition coefficient (Wildman–Crippen LogP) is 4.63. The maximum atomic E-state index is 13.2. The van der Waals surface area contributed by atoms with Gasteiger partial charge in [0, 0.05) is 17.1 Å². The lowest BCUT2D eigenvalue weighted by Crippen LogP contribution is -2.54. The Morgan fingerprint density at radius 3 is 2.24 bits per heavy atom. The van der Waals surface area contributed by atoms with Crippen molar-refractivity contribution < 1.29 is 19.1 Å². The Hall–Kier alpha value is -4.39. The molecule has 3 aromatic rings. The second-order valence-corrected chi connectivity index (χ2v) is 8.05. The summed E-state index contributed by atoms with van der Waals surface area (Å²) < 4.78 is 7.57. The van der Waals surface area contributed by atoms with Crippen molar-refractivity contribution in [2.45, 2.75) is 20.8 Å². The molecule has 1 N–H and O–H groups in total. The van der Waals surface area contributed by atoms with Crippen LogP contribution in [0, 0.1) is 20.8 Å². The molecule has 1 aliphatic heterocycles. The number of nitrogens with zero attached hydrogens (tertiary/aromatic N) is 2. The number of carbonyl (C=O) groups excluding carboxylic acids is 3. The minimum absolute atomic E-state index is 0.103. The number of nitrogens with one attached hydrogen (secondary N) is 1. The Morgan fingerprint density at radius 2 is 1.59 bits per heavy atom. The molecule has 2 heterocycles. The average molecular weight is 456 g/mol. The van der Waals surface area contributed by atoms with Gasteiger partial charge in [-0.05, 0) is 74.9 Å². The fourth-order valence-corrected chi connectivity index (χ4v) is 3.92. The molecule has 4 rings (SSSR count). The molecule has 172 valence electrons. The van der Waals surface area contributed by atoms with Crippen LogP contribution in [0.25, 0.3) is 11.8 Å². The SMILES string of the molecule is C=CCOc1ccc(-n2c(C)cc(/C=C3\C(=O)NC(=O)N(c4ccc(C)cc4)C3=O)c2C)cc1. The van der Waals surface area contributed by atoms with Crippen molar-refractivity contribution in [2.24, 2.45) is 0 Å². The highest BCUT2D eigenvalue weighted by molar-refractivity contribution is 6.39. The normalized spacial score (nSPS) is 15.0. The summed E-state index contributed by atoms with van der Waals surface area (Å²) in [5.74, 6) is -0.642. The molecule has 1 saturated heterocycles. The van der Waals surface area contributed by atoms with E-state index in [4.69, 9.17) is 4.74 Å². The fourth-order valence-electron chi connectivity index (χ4n) is 3.92. The van der Waals surface area contributed by atoms with Gasteiger partial charge in [0.1, 0.15) is 17.9 Å². The summed E-state index contributed by atoms with van der Waals surface area (Å²) in [5.41, 5.74) is 4.70. The number of barbiturate groups is 1. The molecule has 0 atom stereocenters. The van der Waals surface area contributed by atoms with Crippen molar-refractivity contribution >= 4 is 29.6 Å². The molecule has 7 heteroatoms. The molecule has 1 fully saturated rings. The van der Waals surface area contributed by atoms with Crippen molar-refractivity contribution in [3.8, 4) is 11.4 Å². The van der Waals surface area contributed by atoms with Gasteiger partial charge in [-0.2, -0.15) is 0 Å². The van der Waals surface area contributed by atoms with Gasteiger partial charge in [-0.25, -0.2) is 9.69 Å². The molecule has 0 saturated carbocycles. The number of aromatic nitrogens is 1. The lowest BCUT2D eigenvalue weighted by molar-refractivity contribution is -0.122. The van der Waals surface area contributed by atoms with E-state index in [0.717, 1.165) is 33.3 Å². The lowest BCUT2D eigenvalue weighted by Gasteiger charge is -2.26. The standard InChI is InChI=1S/C27H25N3O4/c1-5-14-34-23-12-10-21(11-13-23)29-18(3)15-20(19(29)4)16-24-25(31)28-27(33)30(26(24)32)22-8-6-17(2)7-9-22/h5-13,15-16H,1,14H2,2-4H3,(H,28,31,33)/b24-16+. The molecule has 0 spiro atoms. The third-order valence-electron chi connectivity index (χ3n) is 5.63. The molecule has 2 aromatic carbocycles. The van der Waals surface area contributed by atoms with Crippen LogP contribution in [0.1, 0.15) is 22.5 Å². The van der Waals surface area contributed by atoms with Crippen LogP contribution in [0.5, 0.6) is 5.75 Å². The summed E-state index contributed by atoms with van der Waals surface area (Å²) in [6.07, 6.45) is 3.22. The molecule has 1 aliphatic rings. The van der Waals surface area contributed by atoms with Gasteiger partial charge in [0.25, 0.3) is 11.8 Å². The van der Waals surface area contributed by atoms with E-state index < -0.39 is 17.8 Å². The number of imide groups is 2. The Labute approximate surface area is 198 Å². The monoisotopic (exact) mass is 455 g/mol. The van der Waals surface area contributed by atoms with Crippen LogP contribution in [0.4, 0.5) is 10.5 Å². The number of carbonyl (C=O) groups is 3. The first-order valence-electron chi connectivity index (χ1n) is 10.8. The van der Waals surface area contributed by atoms with Crippen molar-refractivity contribution in [3.05, 3.63) is 95.3 Å². The van der Waals surface area contributed by atoms with Gasteiger partial charge in [-0.3, -0.25) is 14.9 Å². The number of hydrogen-bond donors (Lipinski definition) is 1. The maximum Gasteiger partial charge on any atom is 0.335 e. The highest BCUT2D eigenvalue weighted by Gasteiger charge is 2.37. The van der Waals surface area contributed by atoms with Crippen molar-refractivity contribution in [2.75, 3.05) is 11.5 Å². The minimum Gasteiger partial charge on any atom is -0.490 e. The first-order valence-corrected chi connectivity index (χ1v) is 10.8. The summed E-state index contributed by atoms with van der Waals surface area (Å²) in [4.78, 5) is 39.2. The number of ether oxygens (including phenoxy) is 1. The van der Waals surface area contributed by atoms with Gasteiger partial charge in [0.15, 0.2) is 0 Å². The summed E-state index contributed by atoms with van der Waals surface area (Å²) in [5, 5.41) is 2.27. The highest BCUT2D eigenvalue weighted by Crippen LogP contribution is 2.27. The van der Waals surface area contributed by atoms with Gasteiger partial charge in [-0.1, -0.05) is 30.4 Å². The van der Waals surface area contributed by atoms with Crippen LogP contribution in [-0.2, 0) is 9.59 Å². The number of anilines is 1. The van der Waals surface area contributed by atoms with E-state index in [1.807, 2.05) is 55.7 Å². The van der Waals surface area contributed by atoms with Gasteiger partial charge in [0.05, 0.1) is 5.69 Å². The number of amides is 4. The Bertz CT molecular complexity index is 1320. The zero-order valence-electron chi connectivity index (χ0n) is 19.3. The highest BCUT2D eigenvalue weighted by atomic mass is 16.5. The van der Waals surface area contributed by atoms with Crippen molar-refractivity contribution in [1.29, 1.82) is 0 Å². The van der Waals surface area contributed by atoms with Crippen LogP contribution in [0.15, 0.2) is 72.8 Å². The molecule has 0 bridgehead atoms. The quantitative estimate of drug-likeness (QED) is 0.334. The number of hydrogen-bond acceptors (Lipinski definition) is 4. The molecule has 0 aliphatic carbocycles. The first-order chi connectivity index (χ1) is 16.3. The number of urea groups is 1. The lowest BCUT2D eigenvalue weighted by atomic mass is 10.1. The largest absolute Gasteiger partial charge is 0.490 e. The Balaban J connectivity index is 1.68. The summed E-state index contributed by atoms with van der Waals surface area (Å²) >= 11 is 0. The van der Waals surface area contributed by atoms with E-state index in [9.17, 15) is 14.4 Å². The minimum atomic E-state index is -0.764. The van der Waals surface area contributed by atoms with Crippen LogP contribution < -0.4 is 15.0 Å². The molecular formula is C27H25N3O4. The summed E-state index contributed by atoms with van der Waals surface area (Å²) in [6.45, 7) is 9.84. The van der Waals surface area contributed by atoms with Gasteiger partial charge in [-0.15, -0.1) is 0 Å². The van der Waals surface area contributed by atoms with Gasteiger partial charge < -0.3 is 9.30 Å². The number of aryl methyl sites for hydroxylation is 2. The molecule has 7 nitrogen and oxygen atoms in total. The van der Waals surface area contributed by atoms with E-state index in [1.54, 1.807) is 30.3 Å². The van der Waals surface area contributed by atoms with Crippen molar-refractivity contribution in [3.63, 3.8) is 0 Å². The smallest absolute Gasteiger partial charge is 0.335 e. The second-order valence-electron chi connectivity index (χ2n) is 8.05. The topological polar surface area (TPSA) is 80.6 Å². The fraction of sp³-hybridized carbons (Fsp3) is 0.148. The third-order valence-corrected chi connectivity index (χ3v) is 5.63. The second kappa shape index (κ2) is 9.23. The molecule has 4 amide bonds. The first kappa shape index (κ1) is 22.8. The van der Waals surface area contributed by atoms with Gasteiger partial charge in [0.2, 0.25) is 0 Å². The van der Waals surface area contributed by atoms with E-state index >= 15 is 0 Å². The zero-order valence-corrected chi connectivity index (χ0v) is 19.3. The Kier molecular flexibility index (Phi) is 6.19. The number of benzene rings is 2. The molecule has 0 radical (unpaired) electrons. The van der Waals surface area contributed by atoms with Crippen LogP contribution in [-0.4, -0.2) is 29.0 Å².